The maximum atomic E-state index is 11.8. The summed E-state index contributed by atoms with van der Waals surface area (Å²) in [6.07, 6.45) is 0.596. The molecule has 0 amide bonds. The zero-order chi connectivity index (χ0) is 18.0. The van der Waals surface area contributed by atoms with Gasteiger partial charge in [0.25, 0.3) is 0 Å². The van der Waals surface area contributed by atoms with Gasteiger partial charge < -0.3 is 14.7 Å². The summed E-state index contributed by atoms with van der Waals surface area (Å²) >= 11 is 1.57. The number of hydrogen-bond acceptors (Lipinski definition) is 7. The molecular formula is C15H19N3O5S2. The van der Waals surface area contributed by atoms with Crippen LogP contribution in [0.4, 0.5) is 5.13 Å². The monoisotopic (exact) mass is 385 g/mol. The molecule has 1 aromatic heterocycles. The highest BCUT2D eigenvalue weighted by atomic mass is 32.2. The molecule has 2 aromatic rings. The highest BCUT2D eigenvalue weighted by molar-refractivity contribution is 7.88. The number of sulfonamides is 1. The second-order valence-corrected chi connectivity index (χ2v) is 8.84. The lowest BCUT2D eigenvalue weighted by Crippen LogP contribution is -2.49. The van der Waals surface area contributed by atoms with Crippen molar-refractivity contribution >= 4 is 42.7 Å². The largest absolute Gasteiger partial charge is 0.480 e. The molecule has 1 fully saturated rings. The minimum absolute atomic E-state index is 0.00648. The van der Waals surface area contributed by atoms with E-state index < -0.39 is 28.6 Å². The SMILES string of the molecule is CS(=O)(=O)N(CC(=O)O)CC1CN(c2nc3ccccc3s2)CCO1. The van der Waals surface area contributed by atoms with Crippen LogP contribution in [-0.4, -0.2) is 73.9 Å². The van der Waals surface area contributed by atoms with Crippen LogP contribution in [0.25, 0.3) is 10.2 Å². The number of thiazole rings is 1. The third-order valence-corrected chi connectivity index (χ3v) is 6.19. The zero-order valence-electron chi connectivity index (χ0n) is 13.7. The number of anilines is 1. The summed E-state index contributed by atoms with van der Waals surface area (Å²) < 4.78 is 31.3. The Hall–Kier alpha value is -1.75. The van der Waals surface area contributed by atoms with E-state index in [1.165, 1.54) is 0 Å². The number of para-hydroxylation sites is 1. The first kappa shape index (κ1) is 18.1. The van der Waals surface area contributed by atoms with Gasteiger partial charge >= 0.3 is 5.97 Å². The fourth-order valence-corrected chi connectivity index (χ4v) is 4.48. The van der Waals surface area contributed by atoms with Crippen molar-refractivity contribution in [3.05, 3.63) is 24.3 Å². The summed E-state index contributed by atoms with van der Waals surface area (Å²) in [4.78, 5) is 17.6. The van der Waals surface area contributed by atoms with Crippen LogP contribution in [0.2, 0.25) is 0 Å². The minimum Gasteiger partial charge on any atom is -0.480 e. The van der Waals surface area contributed by atoms with Gasteiger partial charge in [-0.15, -0.1) is 0 Å². The summed E-state index contributed by atoms with van der Waals surface area (Å²) in [7, 11) is -3.62. The predicted octanol–water partition coefficient (Wildman–Crippen LogP) is 0.848. The third-order valence-electron chi connectivity index (χ3n) is 3.88. The molecule has 1 aliphatic heterocycles. The summed E-state index contributed by atoms with van der Waals surface area (Å²) in [5.74, 6) is -1.19. The van der Waals surface area contributed by atoms with Crippen molar-refractivity contribution in [2.24, 2.45) is 0 Å². The number of carbonyl (C=O) groups is 1. The van der Waals surface area contributed by atoms with Gasteiger partial charge in [0.1, 0.15) is 6.54 Å². The fourth-order valence-electron chi connectivity index (χ4n) is 2.69. The summed E-state index contributed by atoms with van der Waals surface area (Å²) in [5.41, 5.74) is 0.925. The quantitative estimate of drug-likeness (QED) is 0.787. The van der Waals surface area contributed by atoms with Gasteiger partial charge in [0.05, 0.1) is 29.2 Å². The van der Waals surface area contributed by atoms with Gasteiger partial charge in [0.15, 0.2) is 5.13 Å². The van der Waals surface area contributed by atoms with Gasteiger partial charge in [-0.2, -0.15) is 4.31 Å². The molecule has 1 saturated heterocycles. The average molecular weight is 385 g/mol. The standard InChI is InChI=1S/C15H19N3O5S2/c1-25(21,22)18(10-14(19)20)9-11-8-17(6-7-23-11)15-16-12-4-2-3-5-13(12)24-15/h2-5,11H,6-10H2,1H3,(H,19,20). The lowest BCUT2D eigenvalue weighted by Gasteiger charge is -2.34. The van der Waals surface area contributed by atoms with Crippen molar-refractivity contribution in [1.82, 2.24) is 9.29 Å². The Kier molecular flexibility index (Phi) is 5.23. The smallest absolute Gasteiger partial charge is 0.318 e. The lowest BCUT2D eigenvalue weighted by atomic mass is 10.3. The Labute approximate surface area is 149 Å². The number of carboxylic acid groups (broad SMARTS) is 1. The third kappa shape index (κ3) is 4.46. The van der Waals surface area contributed by atoms with Crippen LogP contribution in [0, 0.1) is 0 Å². The average Bonchev–Trinajstić information content (AvgIpc) is 2.97. The molecule has 0 saturated carbocycles. The molecule has 8 nitrogen and oxygen atoms in total. The van der Waals surface area contributed by atoms with E-state index in [0.717, 1.165) is 25.9 Å². The number of ether oxygens (including phenoxy) is 1. The first-order valence-electron chi connectivity index (χ1n) is 7.72. The van der Waals surface area contributed by atoms with E-state index in [9.17, 15) is 13.2 Å². The van der Waals surface area contributed by atoms with Crippen LogP contribution >= 0.6 is 11.3 Å². The number of carboxylic acids is 1. The first-order chi connectivity index (χ1) is 11.8. The molecule has 0 bridgehead atoms. The fraction of sp³-hybridized carbons (Fsp3) is 0.467. The molecule has 0 spiro atoms. The number of aliphatic carboxylic acids is 1. The Balaban J connectivity index is 1.72. The van der Waals surface area contributed by atoms with Crippen molar-refractivity contribution in [3.8, 4) is 0 Å². The molecule has 2 heterocycles. The first-order valence-corrected chi connectivity index (χ1v) is 10.4. The Morgan fingerprint density at radius 3 is 2.92 bits per heavy atom. The number of rotatable bonds is 6. The molecule has 10 heteroatoms. The highest BCUT2D eigenvalue weighted by Gasteiger charge is 2.29. The molecule has 1 aromatic carbocycles. The number of nitrogens with zero attached hydrogens (tertiary/aromatic N) is 3. The maximum absolute atomic E-state index is 11.8. The number of morpholine rings is 1. The van der Waals surface area contributed by atoms with E-state index in [1.807, 2.05) is 24.3 Å². The van der Waals surface area contributed by atoms with E-state index >= 15 is 0 Å². The predicted molar refractivity (Wildman–Crippen MR) is 95.6 cm³/mol. The van der Waals surface area contributed by atoms with Crippen LogP contribution in [0.5, 0.6) is 0 Å². The van der Waals surface area contributed by atoms with E-state index in [0.29, 0.717) is 19.7 Å². The Morgan fingerprint density at radius 2 is 2.24 bits per heavy atom. The summed E-state index contributed by atoms with van der Waals surface area (Å²) in [5, 5.41) is 9.78. The maximum Gasteiger partial charge on any atom is 0.318 e. The van der Waals surface area contributed by atoms with Crippen molar-refractivity contribution < 1.29 is 23.1 Å². The van der Waals surface area contributed by atoms with E-state index in [4.69, 9.17) is 9.84 Å². The summed E-state index contributed by atoms with van der Waals surface area (Å²) in [6, 6.07) is 7.85. The van der Waals surface area contributed by atoms with E-state index in [-0.39, 0.29) is 6.54 Å². The van der Waals surface area contributed by atoms with Crippen LogP contribution in [0.15, 0.2) is 24.3 Å². The molecule has 1 atom stereocenters. The molecule has 1 N–H and O–H groups in total. The minimum atomic E-state index is -3.62. The molecule has 0 radical (unpaired) electrons. The molecular weight excluding hydrogens is 366 g/mol. The van der Waals surface area contributed by atoms with Crippen LogP contribution < -0.4 is 4.90 Å². The lowest BCUT2D eigenvalue weighted by molar-refractivity contribution is -0.137. The van der Waals surface area contributed by atoms with Gasteiger partial charge in [0, 0.05) is 19.6 Å². The van der Waals surface area contributed by atoms with E-state index in [2.05, 4.69) is 9.88 Å². The molecule has 3 rings (SSSR count). The number of hydrogen-bond donors (Lipinski definition) is 1. The second-order valence-electron chi connectivity index (χ2n) is 5.85. The number of aromatic nitrogens is 1. The summed E-state index contributed by atoms with van der Waals surface area (Å²) in [6.45, 7) is 0.997. The van der Waals surface area contributed by atoms with Crippen LogP contribution in [0.1, 0.15) is 0 Å². The molecule has 1 aliphatic rings. The zero-order valence-corrected chi connectivity index (χ0v) is 15.3. The van der Waals surface area contributed by atoms with E-state index in [1.54, 1.807) is 11.3 Å². The van der Waals surface area contributed by atoms with Crippen molar-refractivity contribution in [2.45, 2.75) is 6.10 Å². The van der Waals surface area contributed by atoms with Crippen molar-refractivity contribution in [2.75, 3.05) is 43.9 Å². The van der Waals surface area contributed by atoms with Gasteiger partial charge in [-0.25, -0.2) is 13.4 Å². The van der Waals surface area contributed by atoms with Crippen LogP contribution in [0.3, 0.4) is 0 Å². The Bertz CT molecular complexity index is 834. The molecule has 136 valence electrons. The van der Waals surface area contributed by atoms with Gasteiger partial charge in [-0.3, -0.25) is 4.79 Å². The normalized spacial score (nSPS) is 18.8. The van der Waals surface area contributed by atoms with Gasteiger partial charge in [-0.1, -0.05) is 23.5 Å². The highest BCUT2D eigenvalue weighted by Crippen LogP contribution is 2.29. The Morgan fingerprint density at radius 1 is 1.48 bits per heavy atom. The number of benzene rings is 1. The molecule has 1 unspecified atom stereocenters. The molecule has 0 aliphatic carbocycles. The van der Waals surface area contributed by atoms with Crippen LogP contribution in [-0.2, 0) is 19.6 Å². The van der Waals surface area contributed by atoms with Gasteiger partial charge in [0.2, 0.25) is 10.0 Å². The van der Waals surface area contributed by atoms with Gasteiger partial charge in [-0.05, 0) is 12.1 Å². The second kappa shape index (κ2) is 7.24. The van der Waals surface area contributed by atoms with Crippen molar-refractivity contribution in [3.63, 3.8) is 0 Å². The topological polar surface area (TPSA) is 100 Å². The number of fused-ring (bicyclic) bond motifs is 1. The van der Waals surface area contributed by atoms with Crippen molar-refractivity contribution in [1.29, 1.82) is 0 Å². The molecule has 25 heavy (non-hydrogen) atoms.